The number of hydrogen-bond acceptors (Lipinski definition) is 2. The highest BCUT2D eigenvalue weighted by Gasteiger charge is 2.39. The lowest BCUT2D eigenvalue weighted by Crippen LogP contribution is -2.43. The van der Waals surface area contributed by atoms with E-state index in [4.69, 9.17) is 0 Å². The third kappa shape index (κ3) is 3.73. The standard InChI is InChI=1S/C16H16F3NO2S/c1-3-6-12-9-10-15(14-8-5-4-7-13(12)14)23(21,22)20-11(2)16(17,18)19/h3-11,20H,1-2H3/b6-3+/t11-/m0/s1. The largest absolute Gasteiger partial charge is 0.404 e. The van der Waals surface area contributed by atoms with Gasteiger partial charge in [-0.1, -0.05) is 42.5 Å². The maximum atomic E-state index is 12.6. The summed E-state index contributed by atoms with van der Waals surface area (Å²) in [7, 11) is -4.30. The fourth-order valence-electron chi connectivity index (χ4n) is 2.22. The molecule has 1 N–H and O–H groups in total. The molecule has 2 aromatic rings. The quantitative estimate of drug-likeness (QED) is 0.908. The minimum absolute atomic E-state index is 0.169. The number of alkyl halides is 3. The number of sulfonamides is 1. The molecule has 0 amide bonds. The van der Waals surface area contributed by atoms with Crippen LogP contribution in [0.25, 0.3) is 16.8 Å². The van der Waals surface area contributed by atoms with E-state index in [0.29, 0.717) is 10.8 Å². The molecule has 0 radical (unpaired) electrons. The van der Waals surface area contributed by atoms with Crippen LogP contribution < -0.4 is 4.72 Å². The Labute approximate surface area is 132 Å². The molecule has 0 aliphatic carbocycles. The van der Waals surface area contributed by atoms with Gasteiger partial charge in [0.1, 0.15) is 6.04 Å². The molecule has 23 heavy (non-hydrogen) atoms. The van der Waals surface area contributed by atoms with Crippen molar-refractivity contribution in [3.8, 4) is 0 Å². The van der Waals surface area contributed by atoms with E-state index in [2.05, 4.69) is 0 Å². The van der Waals surface area contributed by atoms with Crippen LogP contribution in [0, 0.1) is 0 Å². The van der Waals surface area contributed by atoms with Crippen molar-refractivity contribution in [2.24, 2.45) is 0 Å². The summed E-state index contributed by atoms with van der Waals surface area (Å²) in [5.74, 6) is 0. The lowest BCUT2D eigenvalue weighted by atomic mass is 10.0. The molecule has 0 saturated carbocycles. The maximum absolute atomic E-state index is 12.6. The van der Waals surface area contributed by atoms with Crippen molar-refractivity contribution in [1.29, 1.82) is 0 Å². The Morgan fingerprint density at radius 2 is 1.70 bits per heavy atom. The van der Waals surface area contributed by atoms with E-state index < -0.39 is 22.2 Å². The Kier molecular flexibility index (Phi) is 4.81. The summed E-state index contributed by atoms with van der Waals surface area (Å²) in [5, 5.41) is 1.04. The van der Waals surface area contributed by atoms with Crippen LogP contribution in [0.15, 0.2) is 47.4 Å². The monoisotopic (exact) mass is 343 g/mol. The van der Waals surface area contributed by atoms with Crippen LogP contribution in [-0.2, 0) is 10.0 Å². The van der Waals surface area contributed by atoms with Crippen LogP contribution in [0.3, 0.4) is 0 Å². The van der Waals surface area contributed by atoms with Gasteiger partial charge in [-0.15, -0.1) is 0 Å². The van der Waals surface area contributed by atoms with E-state index >= 15 is 0 Å². The summed E-state index contributed by atoms with van der Waals surface area (Å²) in [6.45, 7) is 2.60. The normalized spacial score (nSPS) is 14.5. The first-order chi connectivity index (χ1) is 10.7. The number of fused-ring (bicyclic) bond motifs is 1. The van der Waals surface area contributed by atoms with Crippen molar-refractivity contribution in [2.45, 2.75) is 31.0 Å². The number of benzene rings is 2. The zero-order valence-electron chi connectivity index (χ0n) is 12.6. The molecule has 0 unspecified atom stereocenters. The molecule has 1 atom stereocenters. The molecular formula is C16H16F3NO2S. The lowest BCUT2D eigenvalue weighted by molar-refractivity contribution is -0.147. The Morgan fingerprint density at radius 1 is 1.09 bits per heavy atom. The second kappa shape index (κ2) is 6.33. The molecule has 0 saturated heterocycles. The number of nitrogens with one attached hydrogen (secondary N) is 1. The second-order valence-electron chi connectivity index (χ2n) is 5.08. The minimum Gasteiger partial charge on any atom is -0.207 e. The topological polar surface area (TPSA) is 46.2 Å². The summed E-state index contributed by atoms with van der Waals surface area (Å²) in [6.07, 6.45) is -1.03. The fraction of sp³-hybridized carbons (Fsp3) is 0.250. The van der Waals surface area contributed by atoms with Gasteiger partial charge in [-0.25, -0.2) is 8.42 Å². The average Bonchev–Trinajstić information content (AvgIpc) is 2.46. The van der Waals surface area contributed by atoms with E-state index in [1.165, 1.54) is 6.07 Å². The van der Waals surface area contributed by atoms with Gasteiger partial charge in [0.15, 0.2) is 0 Å². The first-order valence-electron chi connectivity index (χ1n) is 6.90. The average molecular weight is 343 g/mol. The van der Waals surface area contributed by atoms with E-state index in [9.17, 15) is 21.6 Å². The predicted octanol–water partition coefficient (Wildman–Crippen LogP) is 4.10. The van der Waals surface area contributed by atoms with Gasteiger partial charge < -0.3 is 0 Å². The first kappa shape index (κ1) is 17.5. The Balaban J connectivity index is 2.58. The minimum atomic E-state index is -4.65. The van der Waals surface area contributed by atoms with Gasteiger partial charge in [0.2, 0.25) is 10.0 Å². The third-order valence-electron chi connectivity index (χ3n) is 3.38. The van der Waals surface area contributed by atoms with Crippen molar-refractivity contribution in [2.75, 3.05) is 0 Å². The third-order valence-corrected chi connectivity index (χ3v) is 4.98. The molecule has 0 aromatic heterocycles. The molecule has 2 rings (SSSR count). The van der Waals surface area contributed by atoms with Crippen molar-refractivity contribution in [1.82, 2.24) is 4.72 Å². The number of halogens is 3. The van der Waals surface area contributed by atoms with E-state index in [1.54, 1.807) is 41.1 Å². The van der Waals surface area contributed by atoms with Crippen molar-refractivity contribution in [3.05, 3.63) is 48.0 Å². The Bertz CT molecular complexity index is 842. The molecule has 0 aliphatic heterocycles. The van der Waals surface area contributed by atoms with Crippen LogP contribution in [0.2, 0.25) is 0 Å². The zero-order valence-corrected chi connectivity index (χ0v) is 13.4. The van der Waals surface area contributed by atoms with E-state index in [1.807, 2.05) is 13.0 Å². The summed E-state index contributed by atoms with van der Waals surface area (Å²) in [4.78, 5) is -0.169. The molecule has 0 fully saturated rings. The van der Waals surface area contributed by atoms with Crippen LogP contribution in [0.1, 0.15) is 19.4 Å². The summed E-state index contributed by atoms with van der Waals surface area (Å²) in [6, 6.07) is 7.44. The highest BCUT2D eigenvalue weighted by molar-refractivity contribution is 7.89. The maximum Gasteiger partial charge on any atom is 0.404 e. The molecular weight excluding hydrogens is 327 g/mol. The SMILES string of the molecule is C/C=C/c1ccc(S(=O)(=O)N[C@@H](C)C(F)(F)F)c2ccccc12. The van der Waals surface area contributed by atoms with Gasteiger partial charge in [-0.2, -0.15) is 17.9 Å². The Hall–Kier alpha value is -1.86. The predicted molar refractivity (Wildman–Crippen MR) is 84.5 cm³/mol. The molecule has 3 nitrogen and oxygen atoms in total. The first-order valence-corrected chi connectivity index (χ1v) is 8.38. The van der Waals surface area contributed by atoms with Gasteiger partial charge in [0, 0.05) is 5.39 Å². The molecule has 7 heteroatoms. The van der Waals surface area contributed by atoms with Crippen molar-refractivity contribution >= 4 is 26.9 Å². The van der Waals surface area contributed by atoms with E-state index in [0.717, 1.165) is 12.5 Å². The second-order valence-corrected chi connectivity index (χ2v) is 6.77. The zero-order chi connectivity index (χ0) is 17.3. The van der Waals surface area contributed by atoms with Crippen molar-refractivity contribution in [3.63, 3.8) is 0 Å². The molecule has 0 spiro atoms. The molecule has 2 aromatic carbocycles. The number of rotatable bonds is 4. The lowest BCUT2D eigenvalue weighted by Gasteiger charge is -2.18. The van der Waals surface area contributed by atoms with Gasteiger partial charge in [-0.05, 0) is 30.9 Å². The van der Waals surface area contributed by atoms with Crippen molar-refractivity contribution < 1.29 is 21.6 Å². The molecule has 0 aliphatic rings. The van der Waals surface area contributed by atoms with Crippen LogP contribution in [-0.4, -0.2) is 20.6 Å². The smallest absolute Gasteiger partial charge is 0.207 e. The van der Waals surface area contributed by atoms with Gasteiger partial charge in [-0.3, -0.25) is 0 Å². The fourth-order valence-corrected chi connectivity index (χ4v) is 3.66. The summed E-state index contributed by atoms with van der Waals surface area (Å²) < 4.78 is 64.3. The highest BCUT2D eigenvalue weighted by atomic mass is 32.2. The van der Waals surface area contributed by atoms with E-state index in [-0.39, 0.29) is 4.90 Å². The number of allylic oxidation sites excluding steroid dienone is 1. The van der Waals surface area contributed by atoms with Gasteiger partial charge >= 0.3 is 6.18 Å². The molecule has 0 bridgehead atoms. The van der Waals surface area contributed by atoms with Crippen LogP contribution >= 0.6 is 0 Å². The van der Waals surface area contributed by atoms with Crippen LogP contribution in [0.5, 0.6) is 0 Å². The summed E-state index contributed by atoms with van der Waals surface area (Å²) >= 11 is 0. The summed E-state index contributed by atoms with van der Waals surface area (Å²) in [5.41, 5.74) is 0.797. The Morgan fingerprint density at radius 3 is 2.26 bits per heavy atom. The number of hydrogen-bond donors (Lipinski definition) is 1. The molecule has 124 valence electrons. The van der Waals surface area contributed by atoms with Gasteiger partial charge in [0.05, 0.1) is 4.90 Å². The molecule has 0 heterocycles. The van der Waals surface area contributed by atoms with Gasteiger partial charge in [0.25, 0.3) is 0 Å². The highest BCUT2D eigenvalue weighted by Crippen LogP contribution is 2.28. The van der Waals surface area contributed by atoms with Crippen LogP contribution in [0.4, 0.5) is 13.2 Å².